The molecule has 1 aromatic rings. The molecule has 7 nitrogen and oxygen atoms in total. The fourth-order valence-corrected chi connectivity index (χ4v) is 1.97. The predicted molar refractivity (Wildman–Crippen MR) is 58.4 cm³/mol. The third-order valence-corrected chi connectivity index (χ3v) is 2.77. The van der Waals surface area contributed by atoms with Crippen LogP contribution in [0.2, 0.25) is 0 Å². The standard InChI is InChI=1S/C8H7BrN4O3/c9-5-1-7(14)12(4-5)8-10-2-6(3-11-8)13(15)16/h2-3,5H,1,4H2. The minimum absolute atomic E-state index is 0.0822. The summed E-state index contributed by atoms with van der Waals surface area (Å²) < 4.78 is 0. The van der Waals surface area contributed by atoms with E-state index in [4.69, 9.17) is 0 Å². The molecule has 1 amide bonds. The third kappa shape index (κ3) is 2.01. The van der Waals surface area contributed by atoms with Crippen LogP contribution >= 0.6 is 15.9 Å². The second kappa shape index (κ2) is 4.12. The lowest BCUT2D eigenvalue weighted by atomic mass is 10.4. The molecule has 1 aliphatic rings. The fourth-order valence-electron chi connectivity index (χ4n) is 1.41. The average molecular weight is 287 g/mol. The first-order chi connectivity index (χ1) is 7.58. The van der Waals surface area contributed by atoms with Crippen molar-refractivity contribution in [3.05, 3.63) is 22.5 Å². The highest BCUT2D eigenvalue weighted by Crippen LogP contribution is 2.22. The summed E-state index contributed by atoms with van der Waals surface area (Å²) in [4.78, 5) is 30.4. The second-order valence-electron chi connectivity index (χ2n) is 3.30. The first-order valence-corrected chi connectivity index (χ1v) is 5.40. The van der Waals surface area contributed by atoms with Gasteiger partial charge in [-0.25, -0.2) is 9.97 Å². The Morgan fingerprint density at radius 3 is 2.56 bits per heavy atom. The van der Waals surface area contributed by atoms with Crippen molar-refractivity contribution in [2.24, 2.45) is 0 Å². The van der Waals surface area contributed by atoms with Crippen LogP contribution in [0.4, 0.5) is 11.6 Å². The number of hydrogen-bond donors (Lipinski definition) is 0. The van der Waals surface area contributed by atoms with Crippen LogP contribution in [0.25, 0.3) is 0 Å². The van der Waals surface area contributed by atoms with Crippen LogP contribution in [-0.2, 0) is 4.79 Å². The number of anilines is 1. The zero-order chi connectivity index (χ0) is 11.7. The van der Waals surface area contributed by atoms with Crippen LogP contribution in [0.1, 0.15) is 6.42 Å². The van der Waals surface area contributed by atoms with Gasteiger partial charge in [0.05, 0.1) is 4.92 Å². The maximum Gasteiger partial charge on any atom is 0.305 e. The van der Waals surface area contributed by atoms with Gasteiger partial charge in [0.2, 0.25) is 11.9 Å². The van der Waals surface area contributed by atoms with Gasteiger partial charge in [-0.15, -0.1) is 0 Å². The van der Waals surface area contributed by atoms with Crippen molar-refractivity contribution >= 4 is 33.5 Å². The molecular formula is C8H7BrN4O3. The zero-order valence-electron chi connectivity index (χ0n) is 8.04. The Morgan fingerprint density at radius 1 is 1.50 bits per heavy atom. The van der Waals surface area contributed by atoms with E-state index in [9.17, 15) is 14.9 Å². The molecule has 1 saturated heterocycles. The van der Waals surface area contributed by atoms with Crippen LogP contribution in [0.5, 0.6) is 0 Å². The summed E-state index contributed by atoms with van der Waals surface area (Å²) in [6, 6.07) is 0. The molecule has 8 heteroatoms. The fraction of sp³-hybridized carbons (Fsp3) is 0.375. The van der Waals surface area contributed by atoms with Gasteiger partial charge in [-0.3, -0.25) is 19.8 Å². The number of aromatic nitrogens is 2. The van der Waals surface area contributed by atoms with Crippen molar-refractivity contribution in [3.8, 4) is 0 Å². The predicted octanol–water partition coefficient (Wildman–Crippen LogP) is 0.885. The Kier molecular flexibility index (Phi) is 2.82. The van der Waals surface area contributed by atoms with Gasteiger partial charge in [0.15, 0.2) is 0 Å². The molecule has 0 saturated carbocycles. The first kappa shape index (κ1) is 10.9. The van der Waals surface area contributed by atoms with Crippen LogP contribution in [0.15, 0.2) is 12.4 Å². The summed E-state index contributed by atoms with van der Waals surface area (Å²) in [5.74, 6) is 0.119. The third-order valence-electron chi connectivity index (χ3n) is 2.15. The van der Waals surface area contributed by atoms with E-state index in [2.05, 4.69) is 25.9 Å². The molecule has 0 aliphatic carbocycles. The molecule has 0 N–H and O–H groups in total. The molecule has 2 heterocycles. The Balaban J connectivity index is 2.22. The largest absolute Gasteiger partial charge is 0.305 e. The van der Waals surface area contributed by atoms with E-state index in [0.29, 0.717) is 13.0 Å². The minimum Gasteiger partial charge on any atom is -0.280 e. The van der Waals surface area contributed by atoms with Crippen molar-refractivity contribution in [1.29, 1.82) is 0 Å². The Morgan fingerprint density at radius 2 is 2.12 bits per heavy atom. The highest BCUT2D eigenvalue weighted by molar-refractivity contribution is 9.09. The van der Waals surface area contributed by atoms with E-state index in [1.54, 1.807) is 0 Å². The van der Waals surface area contributed by atoms with Gasteiger partial charge in [0.25, 0.3) is 0 Å². The Bertz CT molecular complexity index is 435. The Hall–Kier alpha value is -1.57. The second-order valence-corrected chi connectivity index (χ2v) is 4.60. The van der Waals surface area contributed by atoms with Gasteiger partial charge in [0, 0.05) is 17.8 Å². The van der Waals surface area contributed by atoms with Crippen molar-refractivity contribution in [2.75, 3.05) is 11.4 Å². The maximum absolute atomic E-state index is 11.5. The monoisotopic (exact) mass is 286 g/mol. The number of nitro groups is 1. The molecule has 84 valence electrons. The van der Waals surface area contributed by atoms with Gasteiger partial charge in [-0.05, 0) is 0 Å². The first-order valence-electron chi connectivity index (χ1n) is 4.49. The van der Waals surface area contributed by atoms with Gasteiger partial charge < -0.3 is 0 Å². The van der Waals surface area contributed by atoms with E-state index in [-0.39, 0.29) is 22.4 Å². The highest BCUT2D eigenvalue weighted by atomic mass is 79.9. The number of amides is 1. The number of halogens is 1. The molecule has 1 fully saturated rings. The summed E-state index contributed by atoms with van der Waals surface area (Å²) in [5.41, 5.74) is -0.189. The molecule has 0 radical (unpaired) electrons. The molecule has 1 aromatic heterocycles. The van der Waals surface area contributed by atoms with Crippen LogP contribution in [-0.4, -0.2) is 32.2 Å². The molecule has 2 rings (SSSR count). The smallest absolute Gasteiger partial charge is 0.280 e. The van der Waals surface area contributed by atoms with Gasteiger partial charge in [-0.2, -0.15) is 0 Å². The lowest BCUT2D eigenvalue weighted by Crippen LogP contribution is -2.26. The number of rotatable bonds is 2. The molecule has 0 bridgehead atoms. The molecular weight excluding hydrogens is 280 g/mol. The maximum atomic E-state index is 11.5. The van der Waals surface area contributed by atoms with Crippen molar-refractivity contribution < 1.29 is 9.72 Å². The molecule has 0 spiro atoms. The number of carbonyl (C=O) groups is 1. The van der Waals surface area contributed by atoms with Crippen LogP contribution < -0.4 is 4.90 Å². The van der Waals surface area contributed by atoms with Crippen molar-refractivity contribution in [2.45, 2.75) is 11.2 Å². The minimum atomic E-state index is -0.580. The van der Waals surface area contributed by atoms with Crippen molar-refractivity contribution in [3.63, 3.8) is 0 Å². The van der Waals surface area contributed by atoms with Crippen LogP contribution in [0, 0.1) is 10.1 Å². The van der Waals surface area contributed by atoms with E-state index >= 15 is 0 Å². The van der Waals surface area contributed by atoms with E-state index < -0.39 is 4.92 Å². The van der Waals surface area contributed by atoms with E-state index in [0.717, 1.165) is 12.4 Å². The van der Waals surface area contributed by atoms with Crippen LogP contribution in [0.3, 0.4) is 0 Å². The normalized spacial score (nSPS) is 20.2. The van der Waals surface area contributed by atoms with Gasteiger partial charge in [-0.1, -0.05) is 15.9 Å². The molecule has 1 unspecified atom stereocenters. The molecule has 16 heavy (non-hydrogen) atoms. The molecule has 0 aromatic carbocycles. The lowest BCUT2D eigenvalue weighted by Gasteiger charge is -2.12. The number of alkyl halides is 1. The average Bonchev–Trinajstić information content (AvgIpc) is 2.58. The van der Waals surface area contributed by atoms with E-state index in [1.165, 1.54) is 4.90 Å². The summed E-state index contributed by atoms with van der Waals surface area (Å²) in [6.07, 6.45) is 2.58. The zero-order valence-corrected chi connectivity index (χ0v) is 9.62. The Labute approximate surface area is 98.8 Å². The highest BCUT2D eigenvalue weighted by Gasteiger charge is 2.30. The summed E-state index contributed by atoms with van der Waals surface area (Å²) in [5, 5.41) is 10.4. The lowest BCUT2D eigenvalue weighted by molar-refractivity contribution is -0.385. The topological polar surface area (TPSA) is 89.2 Å². The number of carbonyl (C=O) groups excluding carboxylic acids is 1. The van der Waals surface area contributed by atoms with E-state index in [1.807, 2.05) is 0 Å². The summed E-state index contributed by atoms with van der Waals surface area (Å²) >= 11 is 3.33. The SMILES string of the molecule is O=C1CC(Br)CN1c1ncc([N+](=O)[O-])cn1. The number of hydrogen-bond acceptors (Lipinski definition) is 5. The molecule has 1 atom stereocenters. The van der Waals surface area contributed by atoms with Gasteiger partial charge >= 0.3 is 5.69 Å². The van der Waals surface area contributed by atoms with Crippen molar-refractivity contribution in [1.82, 2.24) is 9.97 Å². The van der Waals surface area contributed by atoms with Gasteiger partial charge in [0.1, 0.15) is 12.4 Å². The quantitative estimate of drug-likeness (QED) is 0.457. The summed E-state index contributed by atoms with van der Waals surface area (Å²) in [6.45, 7) is 0.483. The summed E-state index contributed by atoms with van der Waals surface area (Å²) in [7, 11) is 0. The molecule has 1 aliphatic heterocycles. The number of nitrogens with zero attached hydrogens (tertiary/aromatic N) is 4.